The second-order valence-electron chi connectivity index (χ2n) is 12.1. The maximum atomic E-state index is 14.0. The molecule has 3 heterocycles. The van der Waals surface area contributed by atoms with Gasteiger partial charge in [-0.3, -0.25) is 9.88 Å². The first-order valence-corrected chi connectivity index (χ1v) is 15.2. The number of amides is 1. The molecule has 0 spiro atoms. The molecule has 2 fully saturated rings. The van der Waals surface area contributed by atoms with E-state index in [1.807, 2.05) is 0 Å². The SMILES string of the molecule is COc1ccc(-c2ccc(C(=O)O)cc2C)cc1-c1cnc(C(F)(F)F)cc1[C@@H]1CC[C@H]2[C@@H](c3cc(C(F)(F)F)cc(C(F)(F)F)c3)OC(=O)N12. The van der Waals surface area contributed by atoms with Gasteiger partial charge in [-0.25, -0.2) is 9.59 Å². The van der Waals surface area contributed by atoms with Crippen LogP contribution in [0, 0.1) is 6.92 Å². The van der Waals surface area contributed by atoms with Crippen LogP contribution in [-0.2, 0) is 23.3 Å². The quantitative estimate of drug-likeness (QED) is 0.199. The highest BCUT2D eigenvalue weighted by Gasteiger charge is 2.52. The number of rotatable bonds is 6. The van der Waals surface area contributed by atoms with Gasteiger partial charge in [0.1, 0.15) is 17.5 Å². The van der Waals surface area contributed by atoms with Crippen molar-refractivity contribution in [2.45, 2.75) is 56.5 Å². The zero-order chi connectivity index (χ0) is 37.2. The Kier molecular flexibility index (Phi) is 8.71. The molecule has 0 radical (unpaired) electrons. The van der Waals surface area contributed by atoms with Crippen molar-refractivity contribution in [3.63, 3.8) is 0 Å². The third-order valence-electron chi connectivity index (χ3n) is 9.01. The molecule has 1 amide bonds. The Bertz CT molecular complexity index is 2010. The maximum Gasteiger partial charge on any atom is 0.433 e. The van der Waals surface area contributed by atoms with Gasteiger partial charge in [0.15, 0.2) is 0 Å². The topological polar surface area (TPSA) is 89.0 Å². The maximum absolute atomic E-state index is 14.0. The fourth-order valence-corrected chi connectivity index (χ4v) is 6.72. The summed E-state index contributed by atoms with van der Waals surface area (Å²) in [7, 11) is 1.32. The number of pyridine rings is 1. The summed E-state index contributed by atoms with van der Waals surface area (Å²) in [5.74, 6) is -0.951. The Labute approximate surface area is 283 Å². The Balaban J connectivity index is 1.46. The number of aromatic nitrogens is 1. The van der Waals surface area contributed by atoms with Crippen molar-refractivity contribution in [3.05, 3.63) is 106 Å². The van der Waals surface area contributed by atoms with Crippen molar-refractivity contribution < 1.29 is 63.7 Å². The first kappa shape index (κ1) is 35.5. The van der Waals surface area contributed by atoms with Crippen LogP contribution in [0.25, 0.3) is 22.3 Å². The predicted octanol–water partition coefficient (Wildman–Crippen LogP) is 9.88. The van der Waals surface area contributed by atoms with Crippen LogP contribution in [0.15, 0.2) is 66.9 Å². The van der Waals surface area contributed by atoms with E-state index in [1.165, 1.54) is 19.2 Å². The summed E-state index contributed by atoms with van der Waals surface area (Å²) in [6.07, 6.45) is -17.1. The van der Waals surface area contributed by atoms with E-state index < -0.39 is 71.2 Å². The number of methoxy groups -OCH3 is 1. The second kappa shape index (κ2) is 12.5. The number of nitrogens with zero attached hydrogens (tertiary/aromatic N) is 2. The van der Waals surface area contributed by atoms with Crippen LogP contribution in [0.3, 0.4) is 0 Å². The number of benzene rings is 3. The van der Waals surface area contributed by atoms with E-state index in [-0.39, 0.29) is 46.9 Å². The van der Waals surface area contributed by atoms with Crippen LogP contribution in [-0.4, -0.2) is 40.2 Å². The Morgan fingerprint density at radius 3 is 2.08 bits per heavy atom. The van der Waals surface area contributed by atoms with Crippen molar-refractivity contribution in [3.8, 4) is 28.0 Å². The molecule has 0 unspecified atom stereocenters. The number of aryl methyl sites for hydroxylation is 1. The van der Waals surface area contributed by atoms with Crippen molar-refractivity contribution in [1.29, 1.82) is 0 Å². The molecule has 7 nitrogen and oxygen atoms in total. The molecule has 51 heavy (non-hydrogen) atoms. The van der Waals surface area contributed by atoms with Crippen molar-refractivity contribution in [1.82, 2.24) is 9.88 Å². The van der Waals surface area contributed by atoms with Gasteiger partial charge in [-0.2, -0.15) is 39.5 Å². The van der Waals surface area contributed by atoms with Crippen LogP contribution in [0.1, 0.15) is 68.9 Å². The minimum Gasteiger partial charge on any atom is -0.496 e. The molecule has 0 bridgehead atoms. The van der Waals surface area contributed by atoms with Gasteiger partial charge in [-0.05, 0) is 96.1 Å². The van der Waals surface area contributed by atoms with Gasteiger partial charge in [-0.1, -0.05) is 12.1 Å². The number of hydrogen-bond donors (Lipinski definition) is 1. The number of carbonyl (C=O) groups excluding carboxylic acids is 1. The number of cyclic esters (lactones) is 1. The van der Waals surface area contributed by atoms with Crippen LogP contribution in [0.4, 0.5) is 44.3 Å². The molecular weight excluding hydrogens is 699 g/mol. The molecule has 1 aromatic heterocycles. The summed E-state index contributed by atoms with van der Waals surface area (Å²) in [5.41, 5.74) is -3.08. The van der Waals surface area contributed by atoms with E-state index in [2.05, 4.69) is 4.98 Å². The van der Waals surface area contributed by atoms with E-state index >= 15 is 0 Å². The molecular formula is C35H25F9N2O5. The summed E-state index contributed by atoms with van der Waals surface area (Å²) in [5, 5.41) is 9.37. The number of carboxylic acids is 1. The molecule has 4 aromatic rings. The summed E-state index contributed by atoms with van der Waals surface area (Å²) < 4.78 is 135. The summed E-state index contributed by atoms with van der Waals surface area (Å²) in [6, 6.07) is 8.52. The second-order valence-corrected chi connectivity index (χ2v) is 12.1. The molecule has 16 heteroatoms. The van der Waals surface area contributed by atoms with E-state index in [1.54, 1.807) is 31.2 Å². The number of hydrogen-bond acceptors (Lipinski definition) is 5. The van der Waals surface area contributed by atoms with Gasteiger partial charge < -0.3 is 14.6 Å². The predicted molar refractivity (Wildman–Crippen MR) is 162 cm³/mol. The fourth-order valence-electron chi connectivity index (χ4n) is 6.72. The highest BCUT2D eigenvalue weighted by atomic mass is 19.4. The number of halogens is 9. The zero-order valence-electron chi connectivity index (χ0n) is 26.4. The highest BCUT2D eigenvalue weighted by molar-refractivity contribution is 5.89. The molecule has 268 valence electrons. The van der Waals surface area contributed by atoms with Crippen molar-refractivity contribution in [2.24, 2.45) is 0 Å². The van der Waals surface area contributed by atoms with E-state index in [0.717, 1.165) is 17.2 Å². The molecule has 3 aromatic carbocycles. The Morgan fingerprint density at radius 2 is 1.51 bits per heavy atom. The minimum atomic E-state index is -5.17. The largest absolute Gasteiger partial charge is 0.496 e. The third-order valence-corrected chi connectivity index (χ3v) is 9.01. The number of carbonyl (C=O) groups is 2. The summed E-state index contributed by atoms with van der Waals surface area (Å²) >= 11 is 0. The lowest BCUT2D eigenvalue weighted by Gasteiger charge is -2.26. The highest BCUT2D eigenvalue weighted by Crippen LogP contribution is 2.51. The van der Waals surface area contributed by atoms with Crippen LogP contribution < -0.4 is 4.74 Å². The molecule has 2 aliphatic rings. The number of carboxylic acid groups (broad SMARTS) is 1. The molecule has 3 atom stereocenters. The van der Waals surface area contributed by atoms with Crippen LogP contribution in [0.5, 0.6) is 5.75 Å². The van der Waals surface area contributed by atoms with Gasteiger partial charge in [0.25, 0.3) is 0 Å². The van der Waals surface area contributed by atoms with Crippen molar-refractivity contribution >= 4 is 12.1 Å². The van der Waals surface area contributed by atoms with Gasteiger partial charge in [0.2, 0.25) is 0 Å². The Hall–Kier alpha value is -5.28. The average molecular weight is 725 g/mol. The summed E-state index contributed by atoms with van der Waals surface area (Å²) in [6.45, 7) is 1.67. The van der Waals surface area contributed by atoms with Gasteiger partial charge in [-0.15, -0.1) is 0 Å². The van der Waals surface area contributed by atoms with Crippen LogP contribution in [0.2, 0.25) is 0 Å². The van der Waals surface area contributed by atoms with E-state index in [0.29, 0.717) is 28.8 Å². The average Bonchev–Trinajstić information content (AvgIpc) is 3.63. The molecule has 6 rings (SSSR count). The van der Waals surface area contributed by atoms with Crippen LogP contribution >= 0.6 is 0 Å². The van der Waals surface area contributed by atoms with Gasteiger partial charge in [0.05, 0.1) is 35.9 Å². The first-order chi connectivity index (χ1) is 23.8. The lowest BCUT2D eigenvalue weighted by atomic mass is 9.90. The number of aromatic carboxylic acids is 1. The number of ether oxygens (including phenoxy) is 2. The normalized spacial score (nSPS) is 19.2. The number of alkyl halides is 9. The first-order valence-electron chi connectivity index (χ1n) is 15.2. The standard InChI is InChI=1S/C35H25F9N2O5/c1-16-9-18(31(47)48)3-5-22(16)17-4-8-28(50-2)24(12-17)25-15-45-29(35(42,43)44)14-23(25)26-6-7-27-30(51-32(49)46(26)27)19-10-20(33(36,37)38)13-21(11-19)34(39,40)41/h3-5,8-15,26-27,30H,6-7H2,1-2H3,(H,47,48)/t26-,27-,30+/m0/s1. The van der Waals surface area contributed by atoms with Crippen molar-refractivity contribution in [2.75, 3.05) is 7.11 Å². The monoisotopic (exact) mass is 724 g/mol. The molecule has 0 aliphatic carbocycles. The molecule has 2 saturated heterocycles. The molecule has 1 N–H and O–H groups in total. The van der Waals surface area contributed by atoms with Gasteiger partial charge in [0, 0.05) is 17.3 Å². The zero-order valence-corrected chi connectivity index (χ0v) is 26.4. The smallest absolute Gasteiger partial charge is 0.433 e. The third kappa shape index (κ3) is 6.66. The Morgan fingerprint density at radius 1 is 0.843 bits per heavy atom. The molecule has 2 aliphatic heterocycles. The summed E-state index contributed by atoms with van der Waals surface area (Å²) in [4.78, 5) is 29.5. The lowest BCUT2D eigenvalue weighted by Crippen LogP contribution is -2.31. The van der Waals surface area contributed by atoms with Gasteiger partial charge >= 0.3 is 30.6 Å². The van der Waals surface area contributed by atoms with E-state index in [9.17, 15) is 54.2 Å². The lowest BCUT2D eigenvalue weighted by molar-refractivity contribution is -0.143. The molecule has 0 saturated carbocycles. The fraction of sp³-hybridized carbons (Fsp3) is 0.286. The minimum absolute atomic E-state index is 0.0204. The van der Waals surface area contributed by atoms with E-state index in [4.69, 9.17) is 9.47 Å². The number of fused-ring (bicyclic) bond motifs is 1.